The molecule has 1 unspecified atom stereocenters. The van der Waals surface area contributed by atoms with E-state index in [0.29, 0.717) is 12.8 Å². The maximum absolute atomic E-state index is 13.6. The van der Waals surface area contributed by atoms with Crippen LogP contribution in [0.15, 0.2) is 46.9 Å². The van der Waals surface area contributed by atoms with Crippen LogP contribution in [0.1, 0.15) is 29.5 Å². The normalized spacial score (nSPS) is 14.2. The summed E-state index contributed by atoms with van der Waals surface area (Å²) in [4.78, 5) is 17.6. The molecule has 0 aliphatic rings. The molecule has 0 spiro atoms. The second kappa shape index (κ2) is 11.8. The molecule has 0 radical (unpaired) electrons. The van der Waals surface area contributed by atoms with Crippen LogP contribution < -0.4 is 10.5 Å². The van der Waals surface area contributed by atoms with Gasteiger partial charge in [0.15, 0.2) is 0 Å². The van der Waals surface area contributed by atoms with E-state index in [-0.39, 0.29) is 30.8 Å². The number of rotatable bonds is 12. The lowest BCUT2D eigenvalue weighted by Gasteiger charge is -2.27. The second-order valence-corrected chi connectivity index (χ2v) is 9.85. The van der Waals surface area contributed by atoms with E-state index in [1.165, 1.54) is 12.1 Å². The van der Waals surface area contributed by atoms with Gasteiger partial charge in [0.2, 0.25) is 0 Å². The van der Waals surface area contributed by atoms with E-state index in [2.05, 4.69) is 20.5 Å². The highest BCUT2D eigenvalue weighted by Gasteiger charge is 2.35. The Morgan fingerprint density at radius 1 is 1.06 bits per heavy atom. The number of benzene rings is 2. The fourth-order valence-corrected chi connectivity index (χ4v) is 3.91. The van der Waals surface area contributed by atoms with Crippen molar-refractivity contribution in [2.45, 2.75) is 37.4 Å². The van der Waals surface area contributed by atoms with Crippen LogP contribution in [0.2, 0.25) is 0 Å². The quantitative estimate of drug-likeness (QED) is 0.228. The molecule has 0 fully saturated rings. The van der Waals surface area contributed by atoms with E-state index in [1.807, 2.05) is 24.3 Å². The highest BCUT2D eigenvalue weighted by molar-refractivity contribution is 9.10. The average molecular weight is 556 g/mol. The predicted octanol–water partition coefficient (Wildman–Crippen LogP) is 4.21. The van der Waals surface area contributed by atoms with Crippen LogP contribution in [-0.4, -0.2) is 40.3 Å². The molecular formula is C21H26BrF3NO6P. The Labute approximate surface area is 198 Å². The SMILES string of the molecule is NC(CO)(CCc1ccc(OCCCc2cccc(Br)c2)c(C(F)(F)F)c1)COP(=O)(O)O. The Hall–Kier alpha value is -1.46. The zero-order chi connectivity index (χ0) is 24.7. The van der Waals surface area contributed by atoms with Gasteiger partial charge in [-0.1, -0.05) is 34.1 Å². The number of phosphoric ester groups is 1. The predicted molar refractivity (Wildman–Crippen MR) is 120 cm³/mol. The van der Waals surface area contributed by atoms with Crippen molar-refractivity contribution in [2.75, 3.05) is 19.8 Å². The summed E-state index contributed by atoms with van der Waals surface area (Å²) >= 11 is 3.37. The molecule has 12 heteroatoms. The maximum Gasteiger partial charge on any atom is 0.469 e. The van der Waals surface area contributed by atoms with Gasteiger partial charge in [-0.25, -0.2) is 4.57 Å². The molecule has 0 saturated carbocycles. The Balaban J connectivity index is 2.02. The summed E-state index contributed by atoms with van der Waals surface area (Å²) in [5.41, 5.74) is 4.74. The summed E-state index contributed by atoms with van der Waals surface area (Å²) in [6.07, 6.45) is -3.51. The standard InChI is InChI=1S/C21H26BrF3NO6P/c22-17-5-1-3-15(11-17)4-2-10-31-19-7-6-16(12-18(19)21(23,24)25)8-9-20(26,13-27)14-32-33(28,29)30/h1,3,5-7,11-12,27H,2,4,8-10,13-14,26H2,(H2,28,29,30). The summed E-state index contributed by atoms with van der Waals surface area (Å²) in [6.45, 7) is -1.22. The molecule has 0 bridgehead atoms. The molecule has 1 atom stereocenters. The van der Waals surface area contributed by atoms with Gasteiger partial charge < -0.3 is 25.4 Å². The first-order valence-electron chi connectivity index (χ1n) is 9.98. The molecule has 2 rings (SSSR count). The number of halogens is 4. The van der Waals surface area contributed by atoms with Gasteiger partial charge in [-0.15, -0.1) is 0 Å². The van der Waals surface area contributed by atoms with E-state index >= 15 is 0 Å². The highest BCUT2D eigenvalue weighted by atomic mass is 79.9. The Morgan fingerprint density at radius 3 is 2.36 bits per heavy atom. The molecule has 0 aliphatic carbocycles. The molecule has 0 heterocycles. The lowest BCUT2D eigenvalue weighted by Crippen LogP contribution is -2.48. The topological polar surface area (TPSA) is 122 Å². The summed E-state index contributed by atoms with van der Waals surface area (Å²) in [5, 5.41) is 9.45. The summed E-state index contributed by atoms with van der Waals surface area (Å²) in [6, 6.07) is 11.3. The van der Waals surface area contributed by atoms with Gasteiger partial charge in [0.1, 0.15) is 5.75 Å². The van der Waals surface area contributed by atoms with E-state index < -0.39 is 38.3 Å². The number of nitrogens with two attached hydrogens (primary N) is 1. The second-order valence-electron chi connectivity index (χ2n) is 7.69. The van der Waals surface area contributed by atoms with Crippen molar-refractivity contribution in [1.29, 1.82) is 0 Å². The van der Waals surface area contributed by atoms with Gasteiger partial charge in [0.05, 0.1) is 30.9 Å². The molecule has 2 aromatic rings. The molecule has 0 aliphatic heterocycles. The smallest absolute Gasteiger partial charge is 0.469 e. The van der Waals surface area contributed by atoms with Crippen LogP contribution >= 0.6 is 23.8 Å². The first-order chi connectivity index (χ1) is 15.3. The fourth-order valence-electron chi connectivity index (χ4n) is 3.03. The van der Waals surface area contributed by atoms with Gasteiger partial charge >= 0.3 is 14.0 Å². The van der Waals surface area contributed by atoms with Crippen molar-refractivity contribution in [3.05, 3.63) is 63.6 Å². The molecule has 33 heavy (non-hydrogen) atoms. The molecule has 0 saturated heterocycles. The zero-order valence-corrected chi connectivity index (χ0v) is 20.1. The van der Waals surface area contributed by atoms with Gasteiger partial charge in [-0.05, 0) is 61.1 Å². The number of aliphatic hydroxyl groups is 1. The van der Waals surface area contributed by atoms with Crippen LogP contribution in [0.25, 0.3) is 0 Å². The van der Waals surface area contributed by atoms with E-state index in [4.69, 9.17) is 20.3 Å². The highest BCUT2D eigenvalue weighted by Crippen LogP contribution is 2.38. The van der Waals surface area contributed by atoms with Crippen molar-refractivity contribution in [1.82, 2.24) is 0 Å². The third kappa shape index (κ3) is 9.74. The van der Waals surface area contributed by atoms with Crippen LogP contribution in [0.3, 0.4) is 0 Å². The molecule has 184 valence electrons. The lowest BCUT2D eigenvalue weighted by molar-refractivity contribution is -0.139. The zero-order valence-electron chi connectivity index (χ0n) is 17.6. The number of hydrogen-bond acceptors (Lipinski definition) is 5. The van der Waals surface area contributed by atoms with Crippen LogP contribution in [0, 0.1) is 0 Å². The first-order valence-corrected chi connectivity index (χ1v) is 12.3. The van der Waals surface area contributed by atoms with Crippen molar-refractivity contribution >= 4 is 23.8 Å². The number of aryl methyl sites for hydroxylation is 2. The third-order valence-electron chi connectivity index (χ3n) is 4.85. The molecular weight excluding hydrogens is 530 g/mol. The Bertz CT molecular complexity index is 971. The van der Waals surface area contributed by atoms with Crippen LogP contribution in [0.5, 0.6) is 5.75 Å². The monoisotopic (exact) mass is 555 g/mol. The molecule has 7 nitrogen and oxygen atoms in total. The summed E-state index contributed by atoms with van der Waals surface area (Å²) in [7, 11) is -4.80. The molecule has 0 aromatic heterocycles. The molecule has 2 aromatic carbocycles. The molecule has 0 amide bonds. The van der Waals surface area contributed by atoms with Crippen molar-refractivity contribution in [2.24, 2.45) is 5.73 Å². The average Bonchev–Trinajstić information content (AvgIpc) is 2.73. The minimum Gasteiger partial charge on any atom is -0.493 e. The summed E-state index contributed by atoms with van der Waals surface area (Å²) < 4.78 is 62.3. The van der Waals surface area contributed by atoms with Crippen molar-refractivity contribution in [3.63, 3.8) is 0 Å². The largest absolute Gasteiger partial charge is 0.493 e. The van der Waals surface area contributed by atoms with Gasteiger partial charge in [-0.2, -0.15) is 13.2 Å². The number of phosphoric acid groups is 1. The third-order valence-corrected chi connectivity index (χ3v) is 5.81. The van der Waals surface area contributed by atoms with E-state index in [0.717, 1.165) is 16.1 Å². The first kappa shape index (κ1) is 27.8. The lowest BCUT2D eigenvalue weighted by atomic mass is 9.93. The van der Waals surface area contributed by atoms with Crippen molar-refractivity contribution in [3.8, 4) is 5.75 Å². The number of hydrogen-bond donors (Lipinski definition) is 4. The number of aliphatic hydroxyl groups excluding tert-OH is 1. The number of alkyl halides is 3. The Kier molecular flexibility index (Phi) is 9.93. The fraction of sp³-hybridized carbons (Fsp3) is 0.429. The molecule has 5 N–H and O–H groups in total. The van der Waals surface area contributed by atoms with Crippen molar-refractivity contribution < 1.29 is 41.9 Å². The minimum absolute atomic E-state index is 0.0217. The van der Waals surface area contributed by atoms with Gasteiger partial charge in [0, 0.05) is 4.47 Å². The van der Waals surface area contributed by atoms with E-state index in [1.54, 1.807) is 0 Å². The van der Waals surface area contributed by atoms with Crippen LogP contribution in [0.4, 0.5) is 13.2 Å². The summed E-state index contributed by atoms with van der Waals surface area (Å²) in [5.74, 6) is -0.286. The maximum atomic E-state index is 13.6. The van der Waals surface area contributed by atoms with E-state index in [9.17, 15) is 22.8 Å². The van der Waals surface area contributed by atoms with Gasteiger partial charge in [-0.3, -0.25) is 4.52 Å². The van der Waals surface area contributed by atoms with Gasteiger partial charge in [0.25, 0.3) is 0 Å². The Morgan fingerprint density at radius 2 is 1.76 bits per heavy atom. The van der Waals surface area contributed by atoms with Crippen LogP contribution in [-0.2, 0) is 28.1 Å². The number of ether oxygens (including phenoxy) is 1. The minimum atomic E-state index is -4.80.